The van der Waals surface area contributed by atoms with Crippen LogP contribution in [0.4, 0.5) is 4.79 Å². The molecule has 0 unspecified atom stereocenters. The van der Waals surface area contributed by atoms with Crippen LogP contribution in [0.1, 0.15) is 11.3 Å². The number of aryl methyl sites for hydroxylation is 1. The number of hydrogen-bond acceptors (Lipinski definition) is 7. The number of fused-ring (bicyclic) bond motifs is 1. The molecule has 0 atom stereocenters. The molecule has 39 heavy (non-hydrogen) atoms. The average Bonchev–Trinajstić information content (AvgIpc) is 3.29. The number of pyridine rings is 1. The summed E-state index contributed by atoms with van der Waals surface area (Å²) in [6, 6.07) is 15.5. The van der Waals surface area contributed by atoms with Crippen molar-refractivity contribution in [2.45, 2.75) is 16.7 Å². The van der Waals surface area contributed by atoms with Gasteiger partial charge in [0.15, 0.2) is 5.65 Å². The lowest BCUT2D eigenvalue weighted by Gasteiger charge is -2.10. The van der Waals surface area contributed by atoms with Crippen molar-refractivity contribution < 1.29 is 31.8 Å². The van der Waals surface area contributed by atoms with E-state index in [0.717, 1.165) is 9.54 Å². The molecule has 13 heteroatoms. The quantitative estimate of drug-likeness (QED) is 0.185. The molecule has 0 spiro atoms. The van der Waals surface area contributed by atoms with Crippen molar-refractivity contribution in [2.24, 2.45) is 0 Å². The monoisotopic (exact) mass is 568 g/mol. The molecule has 0 saturated heterocycles. The van der Waals surface area contributed by atoms with Crippen LogP contribution in [0.2, 0.25) is 0 Å². The topological polar surface area (TPSA) is 168 Å². The molecule has 2 aromatic carbocycles. The lowest BCUT2D eigenvalue weighted by molar-refractivity contribution is 0.194. The van der Waals surface area contributed by atoms with Crippen molar-refractivity contribution in [1.82, 2.24) is 19.0 Å². The largest absolute Gasteiger partial charge is 0.465 e. The second-order valence-corrected chi connectivity index (χ2v) is 11.9. The van der Waals surface area contributed by atoms with E-state index in [1.807, 2.05) is 6.92 Å². The first kappa shape index (κ1) is 27.8. The number of amides is 1. The van der Waals surface area contributed by atoms with Gasteiger partial charge in [-0.15, -0.1) is 0 Å². The molecular formula is C26H24N4O7S2. The van der Waals surface area contributed by atoms with Gasteiger partial charge in [-0.3, -0.25) is 0 Å². The molecule has 4 rings (SSSR count). The van der Waals surface area contributed by atoms with E-state index in [1.54, 1.807) is 36.4 Å². The number of nitrogens with zero attached hydrogens (tertiary/aromatic N) is 2. The normalized spacial score (nSPS) is 11.6. The van der Waals surface area contributed by atoms with Crippen molar-refractivity contribution in [3.8, 4) is 23.0 Å². The number of aromatic nitrogens is 2. The summed E-state index contributed by atoms with van der Waals surface area (Å²) in [5, 5.41) is 20.4. The Morgan fingerprint density at radius 2 is 1.64 bits per heavy atom. The summed E-state index contributed by atoms with van der Waals surface area (Å²) in [4.78, 5) is 14.9. The molecule has 0 aliphatic heterocycles. The molecule has 1 amide bonds. The van der Waals surface area contributed by atoms with Crippen LogP contribution in [0.25, 0.3) is 22.2 Å². The highest BCUT2D eigenvalue weighted by molar-refractivity contribution is 7.90. The highest BCUT2D eigenvalue weighted by Gasteiger charge is 2.25. The van der Waals surface area contributed by atoms with E-state index >= 15 is 0 Å². The van der Waals surface area contributed by atoms with Gasteiger partial charge in [0.25, 0.3) is 10.0 Å². The van der Waals surface area contributed by atoms with Crippen LogP contribution in [0.5, 0.6) is 0 Å². The maximum Gasteiger partial charge on any atom is 0.404 e. The second-order valence-electron chi connectivity index (χ2n) is 8.32. The Balaban J connectivity index is 1.76. The Labute approximate surface area is 225 Å². The Hall–Kier alpha value is -4.22. The van der Waals surface area contributed by atoms with Gasteiger partial charge >= 0.3 is 6.09 Å². The zero-order chi connectivity index (χ0) is 28.2. The van der Waals surface area contributed by atoms with Crippen molar-refractivity contribution in [2.75, 3.05) is 19.7 Å². The third-order valence-corrected chi connectivity index (χ3v) is 8.88. The molecule has 2 heterocycles. The molecule has 0 bridgehead atoms. The summed E-state index contributed by atoms with van der Waals surface area (Å²) < 4.78 is 55.7. The lowest BCUT2D eigenvalue weighted by atomic mass is 10.0. The third kappa shape index (κ3) is 5.94. The van der Waals surface area contributed by atoms with Gasteiger partial charge in [-0.05, 0) is 60.4 Å². The summed E-state index contributed by atoms with van der Waals surface area (Å²) in [6.07, 6.45) is 0.192. The van der Waals surface area contributed by atoms with E-state index < -0.39 is 32.7 Å². The van der Waals surface area contributed by atoms with Crippen molar-refractivity contribution in [3.05, 3.63) is 78.1 Å². The lowest BCUT2D eigenvalue weighted by Crippen LogP contribution is -2.33. The highest BCUT2D eigenvalue weighted by Crippen LogP contribution is 2.32. The van der Waals surface area contributed by atoms with Crippen LogP contribution in [-0.2, 0) is 20.0 Å². The fourth-order valence-corrected chi connectivity index (χ4v) is 6.31. The SMILES string of the molecule is Cc1ccc(S(=O)(=O)n2c(C#CCO)cc3c(-c4ccc(S(=O)(=O)NCCNC(=O)O)cc4)ccnc32)cc1. The van der Waals surface area contributed by atoms with Crippen molar-refractivity contribution in [1.29, 1.82) is 0 Å². The van der Waals surface area contributed by atoms with E-state index in [0.29, 0.717) is 16.5 Å². The predicted molar refractivity (Wildman–Crippen MR) is 144 cm³/mol. The highest BCUT2D eigenvalue weighted by atomic mass is 32.2. The van der Waals surface area contributed by atoms with Crippen LogP contribution >= 0.6 is 0 Å². The average molecular weight is 569 g/mol. The summed E-state index contributed by atoms with van der Waals surface area (Å²) in [5.74, 6) is 5.18. The Morgan fingerprint density at radius 3 is 2.28 bits per heavy atom. The molecule has 0 saturated carbocycles. The predicted octanol–water partition coefficient (Wildman–Crippen LogP) is 2.14. The van der Waals surface area contributed by atoms with Gasteiger partial charge in [0, 0.05) is 24.7 Å². The van der Waals surface area contributed by atoms with E-state index in [2.05, 4.69) is 26.9 Å². The Morgan fingerprint density at radius 1 is 0.974 bits per heavy atom. The molecule has 202 valence electrons. The van der Waals surface area contributed by atoms with Crippen molar-refractivity contribution in [3.63, 3.8) is 0 Å². The first-order chi connectivity index (χ1) is 18.5. The number of sulfonamides is 1. The first-order valence-electron chi connectivity index (χ1n) is 11.5. The fourth-order valence-electron chi connectivity index (χ4n) is 3.86. The third-order valence-electron chi connectivity index (χ3n) is 5.68. The van der Waals surface area contributed by atoms with E-state index in [4.69, 9.17) is 5.11 Å². The van der Waals surface area contributed by atoms with Gasteiger partial charge in [-0.25, -0.2) is 35.3 Å². The minimum Gasteiger partial charge on any atom is -0.465 e. The van der Waals surface area contributed by atoms with Gasteiger partial charge in [-0.2, -0.15) is 0 Å². The van der Waals surface area contributed by atoms with Gasteiger partial charge in [0.1, 0.15) is 12.3 Å². The molecule has 4 aromatic rings. The fraction of sp³-hybridized carbons (Fsp3) is 0.154. The van der Waals surface area contributed by atoms with E-state index in [1.165, 1.54) is 30.5 Å². The zero-order valence-electron chi connectivity index (χ0n) is 20.6. The number of benzene rings is 2. The van der Waals surface area contributed by atoms with Crippen LogP contribution in [0.15, 0.2) is 76.7 Å². The van der Waals surface area contributed by atoms with Gasteiger partial charge in [0.2, 0.25) is 10.0 Å². The van der Waals surface area contributed by atoms with Crippen LogP contribution in [0, 0.1) is 18.8 Å². The molecule has 11 nitrogen and oxygen atoms in total. The van der Waals surface area contributed by atoms with Gasteiger partial charge in [0.05, 0.1) is 9.79 Å². The molecule has 0 aliphatic carbocycles. The van der Waals surface area contributed by atoms with Gasteiger partial charge in [-0.1, -0.05) is 35.7 Å². The molecule has 0 aliphatic rings. The maximum atomic E-state index is 13.6. The Kier molecular flexibility index (Phi) is 8.03. The number of hydrogen-bond donors (Lipinski definition) is 4. The standard InChI is InChI=1S/C26H24N4O7S2/c1-18-4-8-22(9-5-18)39(36,37)30-20(3-2-16-31)17-24-23(12-13-27-25(24)30)19-6-10-21(11-7-19)38(34,35)29-15-14-28-26(32)33/h4-13,17,28-29,31H,14-16H2,1H3,(H,32,33). The molecule has 2 aromatic heterocycles. The number of carboxylic acid groups (broad SMARTS) is 1. The summed E-state index contributed by atoms with van der Waals surface area (Å²) in [7, 11) is -7.99. The van der Waals surface area contributed by atoms with E-state index in [-0.39, 0.29) is 34.2 Å². The number of nitrogens with one attached hydrogen (secondary N) is 2. The van der Waals surface area contributed by atoms with E-state index in [9.17, 15) is 26.7 Å². The molecule has 4 N–H and O–H groups in total. The molecule has 0 radical (unpaired) electrons. The van der Waals surface area contributed by atoms with Crippen molar-refractivity contribution >= 4 is 37.2 Å². The minimum atomic E-state index is -4.10. The number of aliphatic hydroxyl groups excluding tert-OH is 1. The van der Waals surface area contributed by atoms with Crippen LogP contribution < -0.4 is 10.0 Å². The van der Waals surface area contributed by atoms with Gasteiger partial charge < -0.3 is 15.5 Å². The second kappa shape index (κ2) is 11.3. The van der Waals surface area contributed by atoms with Crippen LogP contribution in [-0.4, -0.2) is 61.8 Å². The Bertz CT molecular complexity index is 1800. The summed E-state index contributed by atoms with van der Waals surface area (Å²) in [6.45, 7) is 1.16. The maximum absolute atomic E-state index is 13.6. The smallest absolute Gasteiger partial charge is 0.404 e. The first-order valence-corrected chi connectivity index (χ1v) is 14.5. The number of aliphatic hydroxyl groups is 1. The molecule has 0 fully saturated rings. The summed E-state index contributed by atoms with van der Waals surface area (Å²) in [5.41, 5.74) is 2.31. The molecular weight excluding hydrogens is 544 g/mol. The zero-order valence-corrected chi connectivity index (χ0v) is 22.3. The number of rotatable bonds is 8. The minimum absolute atomic E-state index is 0.0269. The van der Waals surface area contributed by atoms with Crippen LogP contribution in [0.3, 0.4) is 0 Å². The number of carbonyl (C=O) groups is 1. The summed E-state index contributed by atoms with van der Waals surface area (Å²) >= 11 is 0.